The number of carbonyl (C=O) groups excluding carboxylic acids is 1. The lowest BCUT2D eigenvalue weighted by Crippen LogP contribution is -2.49. The van der Waals surface area contributed by atoms with Crippen LogP contribution in [0.1, 0.15) is 25.7 Å². The fourth-order valence-corrected chi connectivity index (χ4v) is 2.24. The van der Waals surface area contributed by atoms with Gasteiger partial charge in [0.05, 0.1) is 6.61 Å². The van der Waals surface area contributed by atoms with E-state index in [9.17, 15) is 4.79 Å². The molecule has 2 N–H and O–H groups in total. The number of carbonyl (C=O) groups is 1. The molecule has 0 spiro atoms. The Kier molecular flexibility index (Phi) is 5.49. The van der Waals surface area contributed by atoms with E-state index in [0.29, 0.717) is 12.6 Å². The van der Waals surface area contributed by atoms with Crippen LogP contribution in [-0.2, 0) is 9.53 Å². The van der Waals surface area contributed by atoms with Gasteiger partial charge in [0.2, 0.25) is 5.91 Å². The van der Waals surface area contributed by atoms with Gasteiger partial charge < -0.3 is 15.4 Å². The molecule has 4 nitrogen and oxygen atoms in total. The lowest BCUT2D eigenvalue weighted by molar-refractivity contribution is -0.135. The standard InChI is InChI=1S/C12H22N2O2/c1-3-8-14(10-6-4-5-7-10)12(15)11(13)9-16-2/h3,10-11H,1,4-9,13H2,2H3. The van der Waals surface area contributed by atoms with Crippen LogP contribution in [0.3, 0.4) is 0 Å². The molecule has 0 heterocycles. The summed E-state index contributed by atoms with van der Waals surface area (Å²) in [6.07, 6.45) is 6.32. The largest absolute Gasteiger partial charge is 0.383 e. The van der Waals surface area contributed by atoms with Gasteiger partial charge in [0.15, 0.2) is 0 Å². The van der Waals surface area contributed by atoms with E-state index in [-0.39, 0.29) is 12.5 Å². The van der Waals surface area contributed by atoms with E-state index in [1.807, 2.05) is 4.90 Å². The molecule has 1 rings (SSSR count). The van der Waals surface area contributed by atoms with Crippen LogP contribution in [0.25, 0.3) is 0 Å². The Hall–Kier alpha value is -0.870. The van der Waals surface area contributed by atoms with Crippen LogP contribution in [0.4, 0.5) is 0 Å². The average Bonchev–Trinajstić information content (AvgIpc) is 2.78. The second-order valence-electron chi connectivity index (χ2n) is 4.28. The molecule has 0 aromatic carbocycles. The molecule has 1 aliphatic carbocycles. The predicted octanol–water partition coefficient (Wildman–Crippen LogP) is 0.917. The Labute approximate surface area is 97.4 Å². The maximum Gasteiger partial charge on any atom is 0.242 e. The lowest BCUT2D eigenvalue weighted by Gasteiger charge is -2.30. The Bertz CT molecular complexity index is 237. The normalized spacial score (nSPS) is 18.4. The van der Waals surface area contributed by atoms with E-state index in [2.05, 4.69) is 6.58 Å². The molecular formula is C12H22N2O2. The summed E-state index contributed by atoms with van der Waals surface area (Å²) in [5.74, 6) is -0.0198. The quantitative estimate of drug-likeness (QED) is 0.685. The highest BCUT2D eigenvalue weighted by molar-refractivity contribution is 5.82. The SMILES string of the molecule is C=CCN(C(=O)C(N)COC)C1CCCC1. The van der Waals surface area contributed by atoms with Crippen molar-refractivity contribution in [3.63, 3.8) is 0 Å². The van der Waals surface area contributed by atoms with Gasteiger partial charge in [-0.2, -0.15) is 0 Å². The maximum absolute atomic E-state index is 12.1. The van der Waals surface area contributed by atoms with Crippen molar-refractivity contribution in [2.45, 2.75) is 37.8 Å². The van der Waals surface area contributed by atoms with Gasteiger partial charge in [-0.05, 0) is 12.8 Å². The summed E-state index contributed by atoms with van der Waals surface area (Å²) in [7, 11) is 1.56. The van der Waals surface area contributed by atoms with Crippen LogP contribution in [-0.4, -0.2) is 43.2 Å². The summed E-state index contributed by atoms with van der Waals surface area (Å²) in [5, 5.41) is 0. The third-order valence-electron chi connectivity index (χ3n) is 3.04. The van der Waals surface area contributed by atoms with Crippen LogP contribution >= 0.6 is 0 Å². The molecule has 1 fully saturated rings. The van der Waals surface area contributed by atoms with Gasteiger partial charge in [-0.25, -0.2) is 0 Å². The van der Waals surface area contributed by atoms with Crippen LogP contribution < -0.4 is 5.73 Å². The van der Waals surface area contributed by atoms with Crippen LogP contribution in [0.5, 0.6) is 0 Å². The van der Waals surface area contributed by atoms with E-state index >= 15 is 0 Å². The summed E-state index contributed by atoms with van der Waals surface area (Å²) in [5.41, 5.74) is 5.78. The van der Waals surface area contributed by atoms with Crippen molar-refractivity contribution in [3.05, 3.63) is 12.7 Å². The van der Waals surface area contributed by atoms with Crippen LogP contribution in [0.15, 0.2) is 12.7 Å². The zero-order valence-corrected chi connectivity index (χ0v) is 10.0. The Morgan fingerprint density at radius 1 is 1.62 bits per heavy atom. The predicted molar refractivity (Wildman–Crippen MR) is 64.0 cm³/mol. The van der Waals surface area contributed by atoms with E-state index in [0.717, 1.165) is 12.8 Å². The molecule has 1 saturated carbocycles. The maximum atomic E-state index is 12.1. The van der Waals surface area contributed by atoms with Crippen molar-refractivity contribution in [1.82, 2.24) is 4.90 Å². The highest BCUT2D eigenvalue weighted by Gasteiger charge is 2.28. The van der Waals surface area contributed by atoms with Gasteiger partial charge in [-0.1, -0.05) is 18.9 Å². The molecular weight excluding hydrogens is 204 g/mol. The number of methoxy groups -OCH3 is 1. The Balaban J connectivity index is 2.60. The van der Waals surface area contributed by atoms with Crippen molar-refractivity contribution >= 4 is 5.91 Å². The summed E-state index contributed by atoms with van der Waals surface area (Å²) in [6, 6.07) is -0.209. The van der Waals surface area contributed by atoms with Gasteiger partial charge >= 0.3 is 0 Å². The Morgan fingerprint density at radius 2 is 2.25 bits per heavy atom. The fraction of sp³-hybridized carbons (Fsp3) is 0.750. The molecule has 0 aliphatic heterocycles. The van der Waals surface area contributed by atoms with E-state index in [1.54, 1.807) is 13.2 Å². The summed E-state index contributed by atoms with van der Waals surface area (Å²) >= 11 is 0. The molecule has 4 heteroatoms. The molecule has 1 atom stereocenters. The molecule has 0 aromatic heterocycles. The summed E-state index contributed by atoms with van der Waals surface area (Å²) in [6.45, 7) is 4.55. The number of ether oxygens (including phenoxy) is 1. The molecule has 0 aromatic rings. The van der Waals surface area contributed by atoms with Crippen molar-refractivity contribution in [1.29, 1.82) is 0 Å². The van der Waals surface area contributed by atoms with Crippen molar-refractivity contribution < 1.29 is 9.53 Å². The van der Waals surface area contributed by atoms with Gasteiger partial charge in [0.1, 0.15) is 6.04 Å². The number of rotatable bonds is 6. The Morgan fingerprint density at radius 3 is 2.75 bits per heavy atom. The minimum atomic E-state index is -0.550. The minimum Gasteiger partial charge on any atom is -0.383 e. The number of nitrogens with two attached hydrogens (primary N) is 1. The van der Waals surface area contributed by atoms with Crippen LogP contribution in [0, 0.1) is 0 Å². The van der Waals surface area contributed by atoms with Crippen LogP contribution in [0.2, 0.25) is 0 Å². The lowest BCUT2D eigenvalue weighted by atomic mass is 10.1. The molecule has 16 heavy (non-hydrogen) atoms. The molecule has 0 radical (unpaired) electrons. The molecule has 0 bridgehead atoms. The highest BCUT2D eigenvalue weighted by Crippen LogP contribution is 2.23. The fourth-order valence-electron chi connectivity index (χ4n) is 2.24. The minimum absolute atomic E-state index is 0.0198. The number of amides is 1. The van der Waals surface area contributed by atoms with Gasteiger partial charge in [0.25, 0.3) is 0 Å². The molecule has 1 unspecified atom stereocenters. The smallest absolute Gasteiger partial charge is 0.242 e. The van der Waals surface area contributed by atoms with Crippen molar-refractivity contribution in [2.24, 2.45) is 5.73 Å². The third kappa shape index (κ3) is 3.32. The number of hydrogen-bond donors (Lipinski definition) is 1. The van der Waals surface area contributed by atoms with Crippen molar-refractivity contribution in [3.8, 4) is 0 Å². The first-order valence-corrected chi connectivity index (χ1v) is 5.86. The summed E-state index contributed by atoms with van der Waals surface area (Å²) in [4.78, 5) is 13.9. The first-order chi connectivity index (χ1) is 7.70. The van der Waals surface area contributed by atoms with Gasteiger partial charge in [0, 0.05) is 19.7 Å². The second-order valence-corrected chi connectivity index (χ2v) is 4.28. The average molecular weight is 226 g/mol. The van der Waals surface area contributed by atoms with E-state index in [1.165, 1.54) is 12.8 Å². The summed E-state index contributed by atoms with van der Waals surface area (Å²) < 4.78 is 4.92. The highest BCUT2D eigenvalue weighted by atomic mass is 16.5. The second kappa shape index (κ2) is 6.66. The van der Waals surface area contributed by atoms with E-state index in [4.69, 9.17) is 10.5 Å². The van der Waals surface area contributed by atoms with Crippen molar-refractivity contribution in [2.75, 3.05) is 20.3 Å². The molecule has 0 saturated heterocycles. The third-order valence-corrected chi connectivity index (χ3v) is 3.04. The first-order valence-electron chi connectivity index (χ1n) is 5.86. The monoisotopic (exact) mass is 226 g/mol. The van der Waals surface area contributed by atoms with E-state index < -0.39 is 6.04 Å². The molecule has 1 aliphatic rings. The topological polar surface area (TPSA) is 55.6 Å². The first kappa shape index (κ1) is 13.2. The molecule has 1 amide bonds. The number of hydrogen-bond acceptors (Lipinski definition) is 3. The number of nitrogens with zero attached hydrogens (tertiary/aromatic N) is 1. The molecule has 92 valence electrons. The van der Waals surface area contributed by atoms with Gasteiger partial charge in [-0.15, -0.1) is 6.58 Å². The zero-order valence-electron chi connectivity index (χ0n) is 10.0. The van der Waals surface area contributed by atoms with Gasteiger partial charge in [-0.3, -0.25) is 4.79 Å². The zero-order chi connectivity index (χ0) is 12.0.